The van der Waals surface area contributed by atoms with Crippen LogP contribution >= 0.6 is 15.9 Å². The molecule has 0 bridgehead atoms. The lowest BCUT2D eigenvalue weighted by molar-refractivity contribution is -0.0895. The van der Waals surface area contributed by atoms with E-state index in [1.165, 1.54) is 21.5 Å². The number of aromatic nitrogens is 8. The van der Waals surface area contributed by atoms with Gasteiger partial charge >= 0.3 is 0 Å². The van der Waals surface area contributed by atoms with Crippen LogP contribution in [0.15, 0.2) is 344 Å². The summed E-state index contributed by atoms with van der Waals surface area (Å²) in [5.74, 6) is 3.89. The SMILES string of the molecule is Brc1c(-c2nc(-c3ccccc3)nc(-c3ccccc3)n2)ccc2ccccc12.CC1(C)OC(c2ccc(-c3nc4ccccc4c4ccccc34)cc2)OC1(C)C.c1ccc(-c2nc(-c3ccccc3)nc(-c3ccc4ccccc4c3-c3ccc(-c4nc5ccccc5c5ccccc45)cc3)n2)cc1. The first-order valence-electron chi connectivity index (χ1n) is 35.5. The van der Waals surface area contributed by atoms with Crippen LogP contribution in [0.3, 0.4) is 0 Å². The first-order valence-corrected chi connectivity index (χ1v) is 36.3. The van der Waals surface area contributed by atoms with Gasteiger partial charge in [0.15, 0.2) is 41.2 Å². The molecule has 0 atom stereocenters. The third-order valence-electron chi connectivity index (χ3n) is 20.0. The van der Waals surface area contributed by atoms with E-state index in [-0.39, 0.29) is 17.5 Å². The third kappa shape index (κ3) is 13.1. The van der Waals surface area contributed by atoms with Gasteiger partial charge in [-0.1, -0.05) is 315 Å². The molecule has 106 heavy (non-hydrogen) atoms. The Labute approximate surface area is 623 Å². The summed E-state index contributed by atoms with van der Waals surface area (Å²) in [6.45, 7) is 8.30. The zero-order valence-corrected chi connectivity index (χ0v) is 60.3. The van der Waals surface area contributed by atoms with Gasteiger partial charge < -0.3 is 9.47 Å². The molecule has 508 valence electrons. The van der Waals surface area contributed by atoms with E-state index in [1.807, 2.05) is 146 Å². The van der Waals surface area contributed by atoms with Crippen molar-refractivity contribution < 1.29 is 9.47 Å². The molecule has 5 heterocycles. The number of hydrogen-bond donors (Lipinski definition) is 0. The van der Waals surface area contributed by atoms with Gasteiger partial charge in [-0.2, -0.15) is 0 Å². The summed E-state index contributed by atoms with van der Waals surface area (Å²) in [7, 11) is 0. The maximum Gasteiger partial charge on any atom is 0.185 e. The van der Waals surface area contributed by atoms with Crippen LogP contribution in [0.2, 0.25) is 0 Å². The normalized spacial score (nSPS) is 13.2. The summed E-state index contributed by atoms with van der Waals surface area (Å²) in [5.41, 5.74) is 14.4. The summed E-state index contributed by atoms with van der Waals surface area (Å²) in [4.78, 5) is 39.6. The highest BCUT2D eigenvalue weighted by atomic mass is 79.9. The second-order valence-electron chi connectivity index (χ2n) is 27.3. The second kappa shape index (κ2) is 28.5. The Hall–Kier alpha value is -12.6. The topological polar surface area (TPSA) is 122 Å². The molecule has 10 nitrogen and oxygen atoms in total. The predicted molar refractivity (Wildman–Crippen MR) is 436 cm³/mol. The number of fused-ring (bicyclic) bond motifs is 8. The van der Waals surface area contributed by atoms with Gasteiger partial charge in [-0.05, 0) is 106 Å². The maximum absolute atomic E-state index is 6.19. The number of pyridine rings is 2. The summed E-state index contributed by atoms with van der Waals surface area (Å²) in [5, 5.41) is 11.7. The predicted octanol–water partition coefficient (Wildman–Crippen LogP) is 24.5. The van der Waals surface area contributed by atoms with Crippen LogP contribution < -0.4 is 0 Å². The molecule has 1 fully saturated rings. The molecule has 0 unspecified atom stereocenters. The second-order valence-corrected chi connectivity index (χ2v) is 28.1. The summed E-state index contributed by atoms with van der Waals surface area (Å²) < 4.78 is 13.4. The van der Waals surface area contributed by atoms with E-state index in [1.54, 1.807) is 0 Å². The van der Waals surface area contributed by atoms with Crippen LogP contribution in [-0.2, 0) is 9.47 Å². The minimum absolute atomic E-state index is 0.341. The van der Waals surface area contributed by atoms with Gasteiger partial charge in [0.25, 0.3) is 0 Å². The van der Waals surface area contributed by atoms with Crippen LogP contribution in [0, 0.1) is 0 Å². The lowest BCUT2D eigenvalue weighted by atomic mass is 9.90. The molecule has 0 spiro atoms. The van der Waals surface area contributed by atoms with Gasteiger partial charge in [0.05, 0.1) is 33.6 Å². The van der Waals surface area contributed by atoms with Crippen molar-refractivity contribution in [2.45, 2.75) is 45.2 Å². The molecule has 4 aromatic heterocycles. The Balaban J connectivity index is 0.000000124. The fraction of sp³-hybridized carbons (Fsp3) is 0.0737. The number of ether oxygens (including phenoxy) is 2. The van der Waals surface area contributed by atoms with Crippen molar-refractivity contribution in [3.05, 3.63) is 350 Å². The van der Waals surface area contributed by atoms with Crippen LogP contribution in [-0.4, -0.2) is 51.1 Å². The average molecular weight is 1430 g/mol. The largest absolute Gasteiger partial charge is 0.339 e. The fourth-order valence-electron chi connectivity index (χ4n) is 13.9. The molecule has 19 rings (SSSR count). The molecule has 0 radical (unpaired) electrons. The van der Waals surface area contributed by atoms with E-state index in [2.05, 4.69) is 238 Å². The zero-order chi connectivity index (χ0) is 71.7. The molecule has 1 aliphatic rings. The van der Waals surface area contributed by atoms with Gasteiger partial charge in [0.2, 0.25) is 0 Å². The third-order valence-corrected chi connectivity index (χ3v) is 20.9. The molecular formula is C95H69BrN8O2. The van der Waals surface area contributed by atoms with Crippen LogP contribution in [0.25, 0.3) is 167 Å². The molecule has 14 aromatic carbocycles. The number of hydrogen-bond acceptors (Lipinski definition) is 10. The molecule has 0 saturated carbocycles. The zero-order valence-electron chi connectivity index (χ0n) is 58.7. The van der Waals surface area contributed by atoms with Gasteiger partial charge in [-0.25, -0.2) is 39.9 Å². The first-order chi connectivity index (χ1) is 51.9. The standard InChI is InChI=1S/C44H28N4.C26H25NO2.C25H16BrN3/c1-3-14-32(15-4-1)42-46-43(33-16-5-2-6-17-33)48-44(47-42)38-28-27-29-13-7-8-18-34(29)40(38)30-23-25-31(26-24-30)41-37-21-10-9-19-35(37)36-20-11-12-22-39(36)45-41;1-25(2)26(3,4)29-24(28-25)18-15-13-17(14-16-18)23-21-11-6-5-9-19(21)20-10-7-8-12-22(20)27-23;26-22-20-14-8-7-9-17(20)15-16-21(22)25-28-23(18-10-3-1-4-11-18)27-24(29-25)19-12-5-2-6-13-19/h1-28H;5-16,24H,1-4H3;1-16H. The van der Waals surface area contributed by atoms with Gasteiger partial charge in [0, 0.05) is 81.7 Å². The highest BCUT2D eigenvalue weighted by Gasteiger charge is 2.49. The van der Waals surface area contributed by atoms with Gasteiger partial charge in [-0.15, -0.1) is 0 Å². The molecule has 0 amide bonds. The molecule has 0 N–H and O–H groups in total. The van der Waals surface area contributed by atoms with E-state index < -0.39 is 0 Å². The molecule has 18 aromatic rings. The number of nitrogens with zero attached hydrogens (tertiary/aromatic N) is 8. The Bertz CT molecular complexity index is 6150. The van der Waals surface area contributed by atoms with Crippen LogP contribution in [0.4, 0.5) is 0 Å². The lowest BCUT2D eigenvalue weighted by Gasteiger charge is -2.30. The summed E-state index contributed by atoms with van der Waals surface area (Å²) in [6.07, 6.45) is -0.352. The van der Waals surface area contributed by atoms with Crippen molar-refractivity contribution in [2.24, 2.45) is 0 Å². The highest BCUT2D eigenvalue weighted by molar-refractivity contribution is 9.10. The highest BCUT2D eigenvalue weighted by Crippen LogP contribution is 2.46. The number of rotatable bonds is 10. The van der Waals surface area contributed by atoms with Crippen molar-refractivity contribution in [3.63, 3.8) is 0 Å². The van der Waals surface area contributed by atoms with E-state index in [0.717, 1.165) is 120 Å². The molecule has 0 aliphatic carbocycles. The minimum Gasteiger partial charge on any atom is -0.339 e. The Kier molecular flexibility index (Phi) is 17.9. The first kappa shape index (κ1) is 66.6. The number of benzene rings is 14. The van der Waals surface area contributed by atoms with Crippen molar-refractivity contribution in [2.75, 3.05) is 0 Å². The van der Waals surface area contributed by atoms with Crippen molar-refractivity contribution in [1.29, 1.82) is 0 Å². The maximum atomic E-state index is 6.19. The van der Waals surface area contributed by atoms with Crippen molar-refractivity contribution in [1.82, 2.24) is 39.9 Å². The summed E-state index contributed by atoms with van der Waals surface area (Å²) >= 11 is 3.78. The molecule has 11 heteroatoms. The van der Waals surface area contributed by atoms with E-state index >= 15 is 0 Å². The smallest absolute Gasteiger partial charge is 0.185 e. The monoisotopic (exact) mass is 1430 g/mol. The fourth-order valence-corrected chi connectivity index (χ4v) is 14.5. The molecule has 1 saturated heterocycles. The summed E-state index contributed by atoms with van der Waals surface area (Å²) in [6, 6.07) is 116. The number of para-hydroxylation sites is 2. The van der Waals surface area contributed by atoms with E-state index in [9.17, 15) is 0 Å². The van der Waals surface area contributed by atoms with Gasteiger partial charge in [0.1, 0.15) is 0 Å². The Morgan fingerprint density at radius 2 is 0.557 bits per heavy atom. The van der Waals surface area contributed by atoms with E-state index in [4.69, 9.17) is 49.3 Å². The van der Waals surface area contributed by atoms with Crippen LogP contribution in [0.1, 0.15) is 39.5 Å². The van der Waals surface area contributed by atoms with Crippen molar-refractivity contribution in [3.8, 4) is 102 Å². The average Bonchev–Trinajstić information content (AvgIpc) is 0.797. The van der Waals surface area contributed by atoms with Crippen molar-refractivity contribution >= 4 is 80.8 Å². The quantitative estimate of drug-likeness (QED) is 0.122. The molecule has 1 aliphatic heterocycles. The Morgan fingerprint density at radius 1 is 0.245 bits per heavy atom. The van der Waals surface area contributed by atoms with E-state index in [0.29, 0.717) is 34.9 Å². The minimum atomic E-state index is -0.352. The van der Waals surface area contributed by atoms with Crippen LogP contribution in [0.5, 0.6) is 0 Å². The van der Waals surface area contributed by atoms with Gasteiger partial charge in [-0.3, -0.25) is 0 Å². The molecular weight excluding hydrogens is 1370 g/mol. The Morgan fingerprint density at radius 3 is 0.991 bits per heavy atom. The lowest BCUT2D eigenvalue weighted by Crippen LogP contribution is -2.41. The number of halogens is 1.